The number of benzene rings is 1. The zero-order chi connectivity index (χ0) is 13.0. The quantitative estimate of drug-likeness (QED) is 0.885. The number of halogens is 3. The van der Waals surface area contributed by atoms with Crippen LogP contribution >= 0.6 is 0 Å². The minimum Gasteiger partial charge on any atom is -0.406 e. The molecule has 2 rings (SSSR count). The minimum atomic E-state index is -4.67. The molecule has 0 atom stereocenters. The average Bonchev–Trinajstić information content (AvgIpc) is 2.77. The van der Waals surface area contributed by atoms with Crippen LogP contribution in [0.15, 0.2) is 36.7 Å². The first-order valence-corrected chi connectivity index (χ1v) is 5.10. The predicted molar refractivity (Wildman–Crippen MR) is 59.0 cm³/mol. The van der Waals surface area contributed by atoms with Crippen LogP contribution in [0.25, 0.3) is 0 Å². The molecule has 0 fully saturated rings. The molecule has 2 N–H and O–H groups in total. The van der Waals surface area contributed by atoms with Gasteiger partial charge in [0.1, 0.15) is 5.75 Å². The molecule has 0 unspecified atom stereocenters. The largest absolute Gasteiger partial charge is 0.573 e. The van der Waals surface area contributed by atoms with Crippen LogP contribution in [0.4, 0.5) is 18.9 Å². The maximum atomic E-state index is 12.0. The Labute approximate surface area is 101 Å². The molecular weight excluding hydrogens is 247 g/mol. The number of H-pyrrole nitrogens is 1. The maximum absolute atomic E-state index is 12.0. The van der Waals surface area contributed by atoms with Gasteiger partial charge in [0.15, 0.2) is 0 Å². The lowest BCUT2D eigenvalue weighted by Crippen LogP contribution is -2.17. The molecule has 0 saturated heterocycles. The first-order chi connectivity index (χ1) is 8.53. The first-order valence-electron chi connectivity index (χ1n) is 5.10. The van der Waals surface area contributed by atoms with E-state index in [9.17, 15) is 13.2 Å². The van der Waals surface area contributed by atoms with Crippen LogP contribution in [-0.2, 0) is 6.54 Å². The van der Waals surface area contributed by atoms with Crippen LogP contribution in [0.3, 0.4) is 0 Å². The van der Waals surface area contributed by atoms with E-state index < -0.39 is 6.36 Å². The number of hydrogen-bond donors (Lipinski definition) is 2. The predicted octanol–water partition coefficient (Wildman–Crippen LogP) is 2.92. The van der Waals surface area contributed by atoms with Crippen LogP contribution in [0.2, 0.25) is 0 Å². The molecule has 7 heteroatoms. The molecular formula is C11H10F3N3O. The van der Waals surface area contributed by atoms with Gasteiger partial charge in [-0.15, -0.1) is 13.2 Å². The van der Waals surface area contributed by atoms with E-state index in [2.05, 4.69) is 20.3 Å². The fourth-order valence-electron chi connectivity index (χ4n) is 1.40. The average molecular weight is 257 g/mol. The van der Waals surface area contributed by atoms with Gasteiger partial charge in [0.25, 0.3) is 0 Å². The zero-order valence-corrected chi connectivity index (χ0v) is 9.16. The molecule has 0 aliphatic heterocycles. The van der Waals surface area contributed by atoms with Crippen LogP contribution < -0.4 is 10.1 Å². The molecule has 96 valence electrons. The second-order valence-electron chi connectivity index (χ2n) is 3.54. The third kappa shape index (κ3) is 3.69. The summed E-state index contributed by atoms with van der Waals surface area (Å²) in [7, 11) is 0. The van der Waals surface area contributed by atoms with Crippen molar-refractivity contribution in [2.24, 2.45) is 0 Å². The number of alkyl halides is 3. The summed E-state index contributed by atoms with van der Waals surface area (Å²) in [6.45, 7) is 0.384. The van der Waals surface area contributed by atoms with Gasteiger partial charge in [0.05, 0.1) is 11.9 Å². The highest BCUT2D eigenvalue weighted by Gasteiger charge is 2.31. The summed E-state index contributed by atoms with van der Waals surface area (Å²) in [5.74, 6) is -0.228. The summed E-state index contributed by atoms with van der Waals surface area (Å²) >= 11 is 0. The van der Waals surface area contributed by atoms with Gasteiger partial charge < -0.3 is 10.1 Å². The van der Waals surface area contributed by atoms with Gasteiger partial charge in [-0.3, -0.25) is 5.10 Å². The van der Waals surface area contributed by atoms with E-state index in [1.165, 1.54) is 18.2 Å². The molecule has 1 heterocycles. The second-order valence-corrected chi connectivity index (χ2v) is 3.54. The Balaban J connectivity index is 1.99. The summed E-state index contributed by atoms with van der Waals surface area (Å²) < 4.78 is 39.9. The molecule has 0 bridgehead atoms. The van der Waals surface area contributed by atoms with Crippen molar-refractivity contribution in [3.05, 3.63) is 42.2 Å². The third-order valence-electron chi connectivity index (χ3n) is 2.13. The molecule has 2 aromatic rings. The lowest BCUT2D eigenvalue weighted by molar-refractivity contribution is -0.274. The maximum Gasteiger partial charge on any atom is 0.573 e. The van der Waals surface area contributed by atoms with Crippen molar-refractivity contribution in [3.8, 4) is 5.75 Å². The lowest BCUT2D eigenvalue weighted by atomic mass is 10.2. The van der Waals surface area contributed by atoms with Crippen molar-refractivity contribution < 1.29 is 17.9 Å². The highest BCUT2D eigenvalue weighted by Crippen LogP contribution is 2.23. The molecule has 0 amide bonds. The van der Waals surface area contributed by atoms with E-state index in [1.807, 2.05) is 0 Å². The van der Waals surface area contributed by atoms with E-state index in [-0.39, 0.29) is 5.75 Å². The molecule has 0 spiro atoms. The number of nitrogens with zero attached hydrogens (tertiary/aromatic N) is 1. The molecule has 1 aromatic carbocycles. The van der Waals surface area contributed by atoms with Crippen molar-refractivity contribution in [1.82, 2.24) is 10.2 Å². The monoisotopic (exact) mass is 257 g/mol. The third-order valence-corrected chi connectivity index (χ3v) is 2.13. The summed E-state index contributed by atoms with van der Waals surface area (Å²) in [5, 5.41) is 9.36. The Morgan fingerprint density at radius 3 is 2.83 bits per heavy atom. The standard InChI is InChI=1S/C11H10F3N3O/c12-11(13,14)18-10-3-1-2-8(4-10)5-15-9-6-16-17-7-9/h1-4,6-7,15H,5H2,(H,16,17). The van der Waals surface area contributed by atoms with Crippen molar-refractivity contribution >= 4 is 5.69 Å². The van der Waals surface area contributed by atoms with Gasteiger partial charge in [-0.1, -0.05) is 12.1 Å². The number of rotatable bonds is 4. The normalized spacial score (nSPS) is 11.3. The van der Waals surface area contributed by atoms with E-state index in [0.717, 1.165) is 5.69 Å². The molecule has 4 nitrogen and oxygen atoms in total. The highest BCUT2D eigenvalue weighted by molar-refractivity contribution is 5.39. The summed E-state index contributed by atoms with van der Waals surface area (Å²) in [4.78, 5) is 0. The van der Waals surface area contributed by atoms with E-state index in [4.69, 9.17) is 0 Å². The number of hydrogen-bond acceptors (Lipinski definition) is 3. The summed E-state index contributed by atoms with van der Waals surface area (Å²) in [6.07, 6.45) is -1.44. The molecule has 0 aliphatic rings. The summed E-state index contributed by atoms with van der Waals surface area (Å²) in [5.41, 5.74) is 1.44. The van der Waals surface area contributed by atoms with Crippen molar-refractivity contribution in [2.75, 3.05) is 5.32 Å². The Kier molecular flexibility index (Phi) is 3.40. The first kappa shape index (κ1) is 12.3. The van der Waals surface area contributed by atoms with Crippen LogP contribution in [0.1, 0.15) is 5.56 Å². The fraction of sp³-hybridized carbons (Fsp3) is 0.182. The SMILES string of the molecule is FC(F)(F)Oc1cccc(CNc2cn[nH]c2)c1. The van der Waals surface area contributed by atoms with E-state index in [0.29, 0.717) is 12.1 Å². The van der Waals surface area contributed by atoms with Gasteiger partial charge in [-0.05, 0) is 17.7 Å². The van der Waals surface area contributed by atoms with Crippen molar-refractivity contribution in [1.29, 1.82) is 0 Å². The lowest BCUT2D eigenvalue weighted by Gasteiger charge is -2.10. The topological polar surface area (TPSA) is 49.9 Å². The fourth-order valence-corrected chi connectivity index (χ4v) is 1.40. The summed E-state index contributed by atoms with van der Waals surface area (Å²) in [6, 6.07) is 5.80. The second kappa shape index (κ2) is 4.99. The van der Waals surface area contributed by atoms with Crippen molar-refractivity contribution in [2.45, 2.75) is 12.9 Å². The molecule has 0 aliphatic carbocycles. The van der Waals surface area contributed by atoms with E-state index in [1.54, 1.807) is 18.5 Å². The van der Waals surface area contributed by atoms with Crippen LogP contribution in [-0.4, -0.2) is 16.6 Å². The van der Waals surface area contributed by atoms with Crippen LogP contribution in [0.5, 0.6) is 5.75 Å². The number of nitrogens with one attached hydrogen (secondary N) is 2. The number of ether oxygens (including phenoxy) is 1. The molecule has 18 heavy (non-hydrogen) atoms. The smallest absolute Gasteiger partial charge is 0.406 e. The molecule has 1 aromatic heterocycles. The Morgan fingerprint density at radius 2 is 2.17 bits per heavy atom. The van der Waals surface area contributed by atoms with Gasteiger partial charge >= 0.3 is 6.36 Å². The number of aromatic amines is 1. The zero-order valence-electron chi connectivity index (χ0n) is 9.16. The highest BCUT2D eigenvalue weighted by atomic mass is 19.4. The Hall–Kier alpha value is -2.18. The Bertz CT molecular complexity index is 496. The van der Waals surface area contributed by atoms with Gasteiger partial charge in [0.2, 0.25) is 0 Å². The molecule has 0 saturated carbocycles. The van der Waals surface area contributed by atoms with Gasteiger partial charge in [-0.25, -0.2) is 0 Å². The van der Waals surface area contributed by atoms with Gasteiger partial charge in [-0.2, -0.15) is 5.10 Å². The van der Waals surface area contributed by atoms with Gasteiger partial charge in [0, 0.05) is 12.7 Å². The van der Waals surface area contributed by atoms with Crippen molar-refractivity contribution in [3.63, 3.8) is 0 Å². The Morgan fingerprint density at radius 1 is 1.33 bits per heavy atom. The van der Waals surface area contributed by atoms with E-state index >= 15 is 0 Å². The minimum absolute atomic E-state index is 0.228. The number of anilines is 1. The van der Waals surface area contributed by atoms with Crippen LogP contribution in [0, 0.1) is 0 Å². The number of aromatic nitrogens is 2. The molecule has 0 radical (unpaired) electrons.